The molecule has 6 heteroatoms. The Labute approximate surface area is 158 Å². The third-order valence-corrected chi connectivity index (χ3v) is 4.57. The van der Waals surface area contributed by atoms with Crippen molar-refractivity contribution in [3.63, 3.8) is 0 Å². The van der Waals surface area contributed by atoms with E-state index in [-0.39, 0.29) is 18.2 Å². The average molecular weight is 364 g/mol. The maximum absolute atomic E-state index is 12.1. The van der Waals surface area contributed by atoms with Gasteiger partial charge in [0.25, 0.3) is 0 Å². The van der Waals surface area contributed by atoms with Gasteiger partial charge in [-0.05, 0) is 30.2 Å². The zero-order chi connectivity index (χ0) is 19.1. The summed E-state index contributed by atoms with van der Waals surface area (Å²) in [5, 5.41) is 4.02. The van der Waals surface area contributed by atoms with Gasteiger partial charge in [0.05, 0.1) is 12.2 Å². The van der Waals surface area contributed by atoms with Crippen LogP contribution < -0.4 is 5.32 Å². The second kappa shape index (κ2) is 8.98. The standard InChI is InChI=1S/C21H24N4O2/c1-16(26)25(12-9-17-14-23-20-8-3-2-7-19(17)20)13-10-21(27)24-15-18-6-4-5-11-22-18/h2-8,11,14,23H,9-10,12-13,15H2,1H3,(H,24,27). The van der Waals surface area contributed by atoms with E-state index in [9.17, 15) is 9.59 Å². The van der Waals surface area contributed by atoms with Crippen LogP contribution in [0.3, 0.4) is 0 Å². The predicted octanol–water partition coefficient (Wildman–Crippen LogP) is 2.66. The number of amides is 2. The van der Waals surface area contributed by atoms with E-state index in [0.717, 1.165) is 17.6 Å². The molecule has 0 spiro atoms. The van der Waals surface area contributed by atoms with Gasteiger partial charge in [-0.15, -0.1) is 0 Å². The molecule has 0 atom stereocenters. The Kier molecular flexibility index (Phi) is 6.20. The second-order valence-electron chi connectivity index (χ2n) is 6.46. The van der Waals surface area contributed by atoms with Gasteiger partial charge in [0.15, 0.2) is 0 Å². The molecule has 0 unspecified atom stereocenters. The number of carbonyl (C=O) groups is 2. The molecule has 2 amide bonds. The van der Waals surface area contributed by atoms with Gasteiger partial charge in [0, 0.05) is 49.7 Å². The second-order valence-corrected chi connectivity index (χ2v) is 6.46. The van der Waals surface area contributed by atoms with Gasteiger partial charge in [-0.1, -0.05) is 24.3 Å². The van der Waals surface area contributed by atoms with Crippen LogP contribution in [0.1, 0.15) is 24.6 Å². The topological polar surface area (TPSA) is 78.1 Å². The lowest BCUT2D eigenvalue weighted by Gasteiger charge is -2.20. The van der Waals surface area contributed by atoms with Crippen LogP contribution in [0, 0.1) is 0 Å². The van der Waals surface area contributed by atoms with Crippen LogP contribution in [0.5, 0.6) is 0 Å². The molecule has 2 N–H and O–H groups in total. The average Bonchev–Trinajstić information content (AvgIpc) is 3.10. The Hall–Kier alpha value is -3.15. The van der Waals surface area contributed by atoms with E-state index in [1.54, 1.807) is 18.0 Å². The number of hydrogen-bond acceptors (Lipinski definition) is 3. The molecule has 6 nitrogen and oxygen atoms in total. The van der Waals surface area contributed by atoms with Gasteiger partial charge in [0.1, 0.15) is 0 Å². The fourth-order valence-electron chi connectivity index (χ4n) is 3.04. The van der Waals surface area contributed by atoms with E-state index >= 15 is 0 Å². The van der Waals surface area contributed by atoms with Gasteiger partial charge in [0.2, 0.25) is 11.8 Å². The summed E-state index contributed by atoms with van der Waals surface area (Å²) in [5.74, 6) is -0.105. The minimum Gasteiger partial charge on any atom is -0.361 e. The van der Waals surface area contributed by atoms with E-state index in [1.165, 1.54) is 10.9 Å². The number of aromatic amines is 1. The lowest BCUT2D eigenvalue weighted by Crippen LogP contribution is -2.35. The number of pyridine rings is 1. The van der Waals surface area contributed by atoms with Crippen molar-refractivity contribution in [2.24, 2.45) is 0 Å². The van der Waals surface area contributed by atoms with E-state index in [4.69, 9.17) is 0 Å². The molecule has 2 heterocycles. The summed E-state index contributed by atoms with van der Waals surface area (Å²) in [4.78, 5) is 33.2. The molecule has 0 aliphatic carbocycles. The maximum atomic E-state index is 12.1. The van der Waals surface area contributed by atoms with E-state index in [1.807, 2.05) is 42.6 Å². The highest BCUT2D eigenvalue weighted by molar-refractivity contribution is 5.83. The lowest BCUT2D eigenvalue weighted by atomic mass is 10.1. The van der Waals surface area contributed by atoms with Gasteiger partial charge in [-0.3, -0.25) is 14.6 Å². The number of aromatic nitrogens is 2. The Balaban J connectivity index is 1.49. The van der Waals surface area contributed by atoms with Crippen molar-refractivity contribution in [3.05, 3.63) is 66.1 Å². The highest BCUT2D eigenvalue weighted by Crippen LogP contribution is 2.18. The molecule has 0 aliphatic rings. The molecule has 0 fully saturated rings. The van der Waals surface area contributed by atoms with E-state index < -0.39 is 0 Å². The van der Waals surface area contributed by atoms with Crippen molar-refractivity contribution < 1.29 is 9.59 Å². The molecule has 0 radical (unpaired) electrons. The number of nitrogens with zero attached hydrogens (tertiary/aromatic N) is 2. The minimum absolute atomic E-state index is 0.0210. The summed E-state index contributed by atoms with van der Waals surface area (Å²) >= 11 is 0. The first-order valence-electron chi connectivity index (χ1n) is 9.10. The zero-order valence-corrected chi connectivity index (χ0v) is 15.4. The molecule has 3 aromatic rings. The first-order valence-corrected chi connectivity index (χ1v) is 9.10. The fraction of sp³-hybridized carbons (Fsp3) is 0.286. The number of H-pyrrole nitrogens is 1. The summed E-state index contributed by atoms with van der Waals surface area (Å²) in [6, 6.07) is 13.7. The summed E-state index contributed by atoms with van der Waals surface area (Å²) in [6.45, 7) is 2.94. The number of fused-ring (bicyclic) bond motifs is 1. The Morgan fingerprint density at radius 1 is 1.11 bits per heavy atom. The molecule has 1 aromatic carbocycles. The predicted molar refractivity (Wildman–Crippen MR) is 105 cm³/mol. The summed E-state index contributed by atoms with van der Waals surface area (Å²) in [5.41, 5.74) is 3.08. The molecule has 0 saturated heterocycles. The van der Waals surface area contributed by atoms with Crippen molar-refractivity contribution in [2.75, 3.05) is 13.1 Å². The third kappa shape index (κ3) is 5.17. The Morgan fingerprint density at radius 2 is 1.93 bits per heavy atom. The molecule has 2 aromatic heterocycles. The van der Waals surface area contributed by atoms with Crippen molar-refractivity contribution >= 4 is 22.7 Å². The number of hydrogen-bond donors (Lipinski definition) is 2. The first-order chi connectivity index (χ1) is 13.1. The van der Waals surface area contributed by atoms with Gasteiger partial charge < -0.3 is 15.2 Å². The number of nitrogens with one attached hydrogen (secondary N) is 2. The highest BCUT2D eigenvalue weighted by atomic mass is 16.2. The van der Waals surface area contributed by atoms with Crippen molar-refractivity contribution in [1.82, 2.24) is 20.2 Å². The first kappa shape index (κ1) is 18.6. The number of rotatable bonds is 8. The fourth-order valence-corrected chi connectivity index (χ4v) is 3.04. The number of para-hydroxylation sites is 1. The maximum Gasteiger partial charge on any atom is 0.222 e. The quantitative estimate of drug-likeness (QED) is 0.645. The lowest BCUT2D eigenvalue weighted by molar-refractivity contribution is -0.129. The van der Waals surface area contributed by atoms with Gasteiger partial charge in [-0.25, -0.2) is 0 Å². The Bertz CT molecular complexity index is 905. The summed E-state index contributed by atoms with van der Waals surface area (Å²) < 4.78 is 0. The van der Waals surface area contributed by atoms with Crippen LogP contribution in [0.4, 0.5) is 0 Å². The molecule has 0 aliphatic heterocycles. The van der Waals surface area contributed by atoms with E-state index in [2.05, 4.69) is 21.4 Å². The van der Waals surface area contributed by atoms with Crippen LogP contribution in [0.15, 0.2) is 54.9 Å². The molecular formula is C21H24N4O2. The molecule has 0 saturated carbocycles. The van der Waals surface area contributed by atoms with Crippen LogP contribution in [0.25, 0.3) is 10.9 Å². The summed E-state index contributed by atoms with van der Waals surface area (Å²) in [7, 11) is 0. The number of carbonyl (C=O) groups excluding carboxylic acids is 2. The van der Waals surface area contributed by atoms with Crippen LogP contribution >= 0.6 is 0 Å². The third-order valence-electron chi connectivity index (χ3n) is 4.57. The zero-order valence-electron chi connectivity index (χ0n) is 15.4. The smallest absolute Gasteiger partial charge is 0.222 e. The molecular weight excluding hydrogens is 340 g/mol. The monoisotopic (exact) mass is 364 g/mol. The van der Waals surface area contributed by atoms with Crippen molar-refractivity contribution in [1.29, 1.82) is 0 Å². The molecule has 27 heavy (non-hydrogen) atoms. The SMILES string of the molecule is CC(=O)N(CCC(=O)NCc1ccccn1)CCc1c[nH]c2ccccc12. The molecule has 0 bridgehead atoms. The normalized spacial score (nSPS) is 10.7. The molecule has 3 rings (SSSR count). The van der Waals surface area contributed by atoms with Gasteiger partial charge in [-0.2, -0.15) is 0 Å². The van der Waals surface area contributed by atoms with Crippen LogP contribution in [-0.4, -0.2) is 39.8 Å². The van der Waals surface area contributed by atoms with Gasteiger partial charge >= 0.3 is 0 Å². The largest absolute Gasteiger partial charge is 0.361 e. The molecule has 140 valence electrons. The Morgan fingerprint density at radius 3 is 2.70 bits per heavy atom. The minimum atomic E-state index is -0.0843. The highest BCUT2D eigenvalue weighted by Gasteiger charge is 2.12. The van der Waals surface area contributed by atoms with Crippen LogP contribution in [-0.2, 0) is 22.6 Å². The van der Waals surface area contributed by atoms with Crippen molar-refractivity contribution in [2.45, 2.75) is 26.3 Å². The number of benzene rings is 1. The van der Waals surface area contributed by atoms with Crippen molar-refractivity contribution in [3.8, 4) is 0 Å². The summed E-state index contributed by atoms with van der Waals surface area (Å²) in [6.07, 6.45) is 4.71. The van der Waals surface area contributed by atoms with Crippen LogP contribution in [0.2, 0.25) is 0 Å². The van der Waals surface area contributed by atoms with E-state index in [0.29, 0.717) is 19.6 Å².